The molecule has 0 saturated heterocycles. The molecule has 0 aliphatic heterocycles. The van der Waals surface area contributed by atoms with Crippen LogP contribution in [0.3, 0.4) is 0 Å². The Morgan fingerprint density at radius 3 is 3.17 bits per heavy atom. The van der Waals surface area contributed by atoms with Gasteiger partial charge >= 0.3 is 0 Å². The second kappa shape index (κ2) is 6.91. The van der Waals surface area contributed by atoms with Gasteiger partial charge in [-0.05, 0) is 24.8 Å². The summed E-state index contributed by atoms with van der Waals surface area (Å²) in [5.74, 6) is -0.329. The summed E-state index contributed by atoms with van der Waals surface area (Å²) in [5.41, 5.74) is 2.68. The van der Waals surface area contributed by atoms with Gasteiger partial charge < -0.3 is 10.6 Å². The highest BCUT2D eigenvalue weighted by Crippen LogP contribution is 2.32. The second-order valence-corrected chi connectivity index (χ2v) is 6.42. The molecule has 0 bridgehead atoms. The average Bonchev–Trinajstić information content (AvgIpc) is 3.21. The summed E-state index contributed by atoms with van der Waals surface area (Å²) >= 11 is 1.34. The van der Waals surface area contributed by atoms with Crippen molar-refractivity contribution in [3.8, 4) is 0 Å². The summed E-state index contributed by atoms with van der Waals surface area (Å²) < 4.78 is 0. The van der Waals surface area contributed by atoms with Crippen LogP contribution in [0.4, 0.5) is 5.13 Å². The summed E-state index contributed by atoms with van der Waals surface area (Å²) in [6.45, 7) is 2.67. The van der Waals surface area contributed by atoms with Gasteiger partial charge in [-0.1, -0.05) is 6.92 Å². The quantitative estimate of drug-likeness (QED) is 0.747. The van der Waals surface area contributed by atoms with Crippen LogP contribution in [0.2, 0.25) is 0 Å². The number of H-pyrrole nitrogens is 1. The number of nitrogens with one attached hydrogen (secondary N) is 3. The monoisotopic (exact) mass is 333 g/mol. The van der Waals surface area contributed by atoms with Gasteiger partial charge in [0.25, 0.3) is 0 Å². The molecule has 2 aromatic rings. The molecule has 0 radical (unpaired) electrons. The minimum Gasteiger partial charge on any atom is -0.356 e. The minimum absolute atomic E-state index is 0.0482. The molecule has 0 aromatic carbocycles. The van der Waals surface area contributed by atoms with E-state index in [4.69, 9.17) is 0 Å². The van der Waals surface area contributed by atoms with Crippen LogP contribution in [0.25, 0.3) is 0 Å². The zero-order chi connectivity index (χ0) is 16.2. The van der Waals surface area contributed by atoms with E-state index >= 15 is 0 Å². The average molecular weight is 333 g/mol. The van der Waals surface area contributed by atoms with Gasteiger partial charge in [-0.25, -0.2) is 4.98 Å². The Bertz CT molecular complexity index is 708. The van der Waals surface area contributed by atoms with Crippen LogP contribution in [0, 0.1) is 0 Å². The SMILES string of the molecule is CCCNC(=O)Cc1csc(NC(=O)C2CCc3cn[nH]c32)n1. The maximum Gasteiger partial charge on any atom is 0.235 e. The van der Waals surface area contributed by atoms with Gasteiger partial charge in [-0.15, -0.1) is 11.3 Å². The third kappa shape index (κ3) is 3.58. The maximum absolute atomic E-state index is 12.4. The topological polar surface area (TPSA) is 99.8 Å². The van der Waals surface area contributed by atoms with Gasteiger partial charge in [0.15, 0.2) is 5.13 Å². The molecule has 122 valence electrons. The number of hydrogen-bond donors (Lipinski definition) is 3. The van der Waals surface area contributed by atoms with Crippen LogP contribution >= 0.6 is 11.3 Å². The van der Waals surface area contributed by atoms with Crippen molar-refractivity contribution in [1.29, 1.82) is 0 Å². The molecule has 2 aromatic heterocycles. The van der Waals surface area contributed by atoms with Crippen molar-refractivity contribution in [2.75, 3.05) is 11.9 Å². The first-order valence-corrected chi connectivity index (χ1v) is 8.59. The summed E-state index contributed by atoms with van der Waals surface area (Å²) in [4.78, 5) is 28.4. The first-order chi connectivity index (χ1) is 11.2. The lowest BCUT2D eigenvalue weighted by atomic mass is 10.1. The number of carbonyl (C=O) groups is 2. The molecule has 2 heterocycles. The Morgan fingerprint density at radius 2 is 2.35 bits per heavy atom. The van der Waals surface area contributed by atoms with Crippen molar-refractivity contribution >= 4 is 28.3 Å². The third-order valence-electron chi connectivity index (χ3n) is 3.81. The number of aromatic amines is 1. The number of aromatic nitrogens is 3. The predicted octanol–water partition coefficient (Wildman–Crippen LogP) is 1.60. The maximum atomic E-state index is 12.4. The number of carbonyl (C=O) groups excluding carboxylic acids is 2. The Hall–Kier alpha value is -2.22. The van der Waals surface area contributed by atoms with E-state index in [1.807, 2.05) is 6.92 Å². The number of rotatable bonds is 6. The van der Waals surface area contributed by atoms with E-state index in [0.717, 1.165) is 30.5 Å². The fraction of sp³-hybridized carbons (Fsp3) is 0.467. The first kappa shape index (κ1) is 15.7. The van der Waals surface area contributed by atoms with Gasteiger partial charge in [-0.3, -0.25) is 14.7 Å². The van der Waals surface area contributed by atoms with Crippen LogP contribution in [0.1, 0.15) is 42.6 Å². The number of anilines is 1. The molecule has 8 heteroatoms. The summed E-state index contributed by atoms with van der Waals surface area (Å²) in [5, 5.41) is 14.9. The number of aryl methyl sites for hydroxylation is 1. The molecular weight excluding hydrogens is 314 g/mol. The molecule has 7 nitrogen and oxygen atoms in total. The number of thiazole rings is 1. The largest absolute Gasteiger partial charge is 0.356 e. The van der Waals surface area contributed by atoms with Gasteiger partial charge in [-0.2, -0.15) is 5.10 Å². The smallest absolute Gasteiger partial charge is 0.235 e. The van der Waals surface area contributed by atoms with E-state index in [-0.39, 0.29) is 24.2 Å². The zero-order valence-electron chi connectivity index (χ0n) is 12.9. The fourth-order valence-electron chi connectivity index (χ4n) is 2.66. The fourth-order valence-corrected chi connectivity index (χ4v) is 3.37. The molecule has 1 unspecified atom stereocenters. The molecule has 1 atom stereocenters. The van der Waals surface area contributed by atoms with Crippen LogP contribution in [0.15, 0.2) is 11.6 Å². The van der Waals surface area contributed by atoms with Crippen LogP contribution in [0.5, 0.6) is 0 Å². The second-order valence-electron chi connectivity index (χ2n) is 5.56. The van der Waals surface area contributed by atoms with Crippen LogP contribution < -0.4 is 10.6 Å². The Balaban J connectivity index is 1.57. The van der Waals surface area contributed by atoms with E-state index in [2.05, 4.69) is 25.8 Å². The van der Waals surface area contributed by atoms with Gasteiger partial charge in [0.2, 0.25) is 11.8 Å². The molecule has 3 N–H and O–H groups in total. The van der Waals surface area contributed by atoms with E-state index in [9.17, 15) is 9.59 Å². The Labute approximate surface area is 137 Å². The normalized spacial score (nSPS) is 16.1. The number of nitrogens with zero attached hydrogens (tertiary/aromatic N) is 2. The van der Waals surface area contributed by atoms with Crippen molar-refractivity contribution < 1.29 is 9.59 Å². The molecule has 1 aliphatic carbocycles. The molecule has 23 heavy (non-hydrogen) atoms. The highest BCUT2D eigenvalue weighted by atomic mass is 32.1. The van der Waals surface area contributed by atoms with E-state index < -0.39 is 0 Å². The lowest BCUT2D eigenvalue weighted by Gasteiger charge is -2.08. The zero-order valence-corrected chi connectivity index (χ0v) is 13.7. The van der Waals surface area contributed by atoms with Crippen molar-refractivity contribution in [3.63, 3.8) is 0 Å². The Kier molecular flexibility index (Phi) is 4.71. The summed E-state index contributed by atoms with van der Waals surface area (Å²) in [6.07, 6.45) is 4.57. The third-order valence-corrected chi connectivity index (χ3v) is 4.62. The highest BCUT2D eigenvalue weighted by molar-refractivity contribution is 7.13. The number of hydrogen-bond acceptors (Lipinski definition) is 5. The molecule has 0 fully saturated rings. The summed E-state index contributed by atoms with van der Waals surface area (Å²) in [6, 6.07) is 0. The van der Waals surface area contributed by atoms with Gasteiger partial charge in [0.05, 0.1) is 29.9 Å². The van der Waals surface area contributed by atoms with Gasteiger partial charge in [0, 0.05) is 11.9 Å². The molecule has 2 amide bonds. The van der Waals surface area contributed by atoms with Crippen molar-refractivity contribution in [3.05, 3.63) is 28.5 Å². The van der Waals surface area contributed by atoms with E-state index in [1.165, 1.54) is 11.3 Å². The summed E-state index contributed by atoms with van der Waals surface area (Å²) in [7, 11) is 0. The van der Waals surface area contributed by atoms with Crippen molar-refractivity contribution in [1.82, 2.24) is 20.5 Å². The highest BCUT2D eigenvalue weighted by Gasteiger charge is 2.30. The number of amides is 2. The van der Waals surface area contributed by atoms with E-state index in [0.29, 0.717) is 17.4 Å². The Morgan fingerprint density at radius 1 is 1.48 bits per heavy atom. The van der Waals surface area contributed by atoms with Crippen molar-refractivity contribution in [2.45, 2.75) is 38.5 Å². The van der Waals surface area contributed by atoms with Crippen LogP contribution in [-0.2, 0) is 22.4 Å². The number of fused-ring (bicyclic) bond motifs is 1. The molecule has 0 saturated carbocycles. The standard InChI is InChI=1S/C15H19N5O2S/c1-2-5-16-12(21)6-10-8-23-15(18-10)19-14(22)11-4-3-9-7-17-20-13(9)11/h7-8,11H,2-6H2,1H3,(H,16,21)(H,17,20)(H,18,19,22). The molecular formula is C15H19N5O2S. The van der Waals surface area contributed by atoms with Crippen LogP contribution in [-0.4, -0.2) is 33.5 Å². The predicted molar refractivity (Wildman–Crippen MR) is 87.4 cm³/mol. The molecule has 3 rings (SSSR count). The molecule has 0 spiro atoms. The first-order valence-electron chi connectivity index (χ1n) is 7.71. The lowest BCUT2D eigenvalue weighted by Crippen LogP contribution is -2.25. The lowest BCUT2D eigenvalue weighted by molar-refractivity contribution is -0.120. The molecule has 1 aliphatic rings. The van der Waals surface area contributed by atoms with Crippen molar-refractivity contribution in [2.24, 2.45) is 0 Å². The van der Waals surface area contributed by atoms with E-state index in [1.54, 1.807) is 11.6 Å². The van der Waals surface area contributed by atoms with Gasteiger partial charge in [0.1, 0.15) is 0 Å². The minimum atomic E-state index is -0.201.